The van der Waals surface area contributed by atoms with Crippen LogP contribution in [0, 0.1) is 0 Å². The molecule has 1 amide bonds. The van der Waals surface area contributed by atoms with Crippen LogP contribution in [0.25, 0.3) is 10.9 Å². The highest BCUT2D eigenvalue weighted by molar-refractivity contribution is 6.36. The lowest BCUT2D eigenvalue weighted by Gasteiger charge is -2.38. The Balaban J connectivity index is 1.81. The van der Waals surface area contributed by atoms with Gasteiger partial charge in [-0.2, -0.15) is 0 Å². The average Bonchev–Trinajstić information content (AvgIpc) is 2.97. The zero-order valence-electron chi connectivity index (χ0n) is 15.7. The van der Waals surface area contributed by atoms with Crippen LogP contribution in [-0.4, -0.2) is 47.1 Å². The van der Waals surface area contributed by atoms with Crippen molar-refractivity contribution in [3.63, 3.8) is 0 Å². The summed E-state index contributed by atoms with van der Waals surface area (Å²) in [6.45, 7) is 2.61. The number of hydrogen-bond donors (Lipinski definition) is 2. The molecule has 7 heteroatoms. The zero-order valence-corrected chi connectivity index (χ0v) is 16.5. The van der Waals surface area contributed by atoms with Gasteiger partial charge in [-0.15, -0.1) is 0 Å². The van der Waals surface area contributed by atoms with Crippen molar-refractivity contribution in [2.24, 2.45) is 0 Å². The summed E-state index contributed by atoms with van der Waals surface area (Å²) in [5, 5.41) is 14.6. The number of aromatic nitrogens is 1. The van der Waals surface area contributed by atoms with E-state index in [4.69, 9.17) is 16.3 Å². The van der Waals surface area contributed by atoms with Gasteiger partial charge in [-0.05, 0) is 38.3 Å². The van der Waals surface area contributed by atoms with Crippen molar-refractivity contribution in [1.29, 1.82) is 0 Å². The molecule has 1 unspecified atom stereocenters. The maximum atomic E-state index is 14.3. The van der Waals surface area contributed by atoms with E-state index in [-0.39, 0.29) is 18.9 Å². The number of ether oxygens (including phenoxy) is 1. The Labute approximate surface area is 163 Å². The molecule has 1 aliphatic rings. The molecule has 148 valence electrons. The lowest BCUT2D eigenvalue weighted by atomic mass is 9.77. The third-order valence-electron chi connectivity index (χ3n) is 5.25. The third kappa shape index (κ3) is 4.45. The molecule has 1 fully saturated rings. The predicted octanol–water partition coefficient (Wildman–Crippen LogP) is 3.70. The number of benzene rings is 1. The minimum absolute atomic E-state index is 0.0144. The number of amides is 1. The van der Waals surface area contributed by atoms with Crippen LogP contribution in [-0.2, 0) is 11.3 Å². The number of hydrogen-bond acceptors (Lipinski definition) is 3. The maximum absolute atomic E-state index is 14.3. The molecule has 5 nitrogen and oxygen atoms in total. The van der Waals surface area contributed by atoms with Gasteiger partial charge < -0.3 is 19.7 Å². The molecule has 0 bridgehead atoms. The SMILES string of the molecule is COCCn1cc(C(=O)NC[C@]2(O)CCCC(C)(F)C2)c2c(Cl)cccc21. The maximum Gasteiger partial charge on any atom is 0.253 e. The number of rotatable bonds is 6. The number of carbonyl (C=O) groups is 1. The minimum atomic E-state index is -1.41. The van der Waals surface area contributed by atoms with Crippen molar-refractivity contribution in [3.8, 4) is 0 Å². The normalized spacial score (nSPS) is 25.7. The quantitative estimate of drug-likeness (QED) is 0.782. The fraction of sp³-hybridized carbons (Fsp3) is 0.550. The first-order valence-electron chi connectivity index (χ1n) is 9.20. The topological polar surface area (TPSA) is 63.5 Å². The molecule has 1 aromatic carbocycles. The van der Waals surface area contributed by atoms with E-state index in [0.29, 0.717) is 48.4 Å². The molecule has 2 N–H and O–H groups in total. The molecular formula is C20H26ClFN2O3. The van der Waals surface area contributed by atoms with Gasteiger partial charge in [0.2, 0.25) is 0 Å². The van der Waals surface area contributed by atoms with Crippen LogP contribution in [0.15, 0.2) is 24.4 Å². The predicted molar refractivity (Wildman–Crippen MR) is 104 cm³/mol. The van der Waals surface area contributed by atoms with Crippen molar-refractivity contribution in [2.75, 3.05) is 20.3 Å². The fourth-order valence-electron chi connectivity index (χ4n) is 4.00. The van der Waals surface area contributed by atoms with Gasteiger partial charge in [-0.1, -0.05) is 17.7 Å². The average molecular weight is 397 g/mol. The second-order valence-electron chi connectivity index (χ2n) is 7.71. The standard InChI is InChI=1S/C20H26ClFN2O3/c1-19(22)7-4-8-20(26,12-19)13-23-18(25)14-11-24(9-10-27-2)16-6-3-5-15(21)17(14)16/h3,5-6,11,26H,4,7-10,12-13H2,1-2H3,(H,23,25)/t19?,20-/m0/s1. The Morgan fingerprint density at radius 3 is 2.93 bits per heavy atom. The van der Waals surface area contributed by atoms with Crippen LogP contribution in [0.3, 0.4) is 0 Å². The first kappa shape index (κ1) is 20.1. The van der Waals surface area contributed by atoms with Crippen LogP contribution < -0.4 is 5.32 Å². The highest BCUT2D eigenvalue weighted by Gasteiger charge is 2.41. The summed E-state index contributed by atoms with van der Waals surface area (Å²) in [4.78, 5) is 12.8. The smallest absolute Gasteiger partial charge is 0.253 e. The van der Waals surface area contributed by atoms with E-state index in [1.807, 2.05) is 16.7 Å². The first-order chi connectivity index (χ1) is 12.7. The summed E-state index contributed by atoms with van der Waals surface area (Å²) in [5.74, 6) is -0.330. The number of fused-ring (bicyclic) bond motifs is 1. The van der Waals surface area contributed by atoms with Crippen LogP contribution in [0.1, 0.15) is 43.0 Å². The van der Waals surface area contributed by atoms with Crippen molar-refractivity contribution in [2.45, 2.75) is 50.4 Å². The molecule has 1 heterocycles. The Bertz CT molecular complexity index is 836. The van der Waals surface area contributed by atoms with E-state index in [2.05, 4.69) is 5.32 Å². The van der Waals surface area contributed by atoms with Gasteiger partial charge in [-0.25, -0.2) is 4.39 Å². The number of aliphatic hydroxyl groups is 1. The van der Waals surface area contributed by atoms with Crippen molar-refractivity contribution >= 4 is 28.4 Å². The highest BCUT2D eigenvalue weighted by Crippen LogP contribution is 2.37. The van der Waals surface area contributed by atoms with Crippen LogP contribution in [0.4, 0.5) is 4.39 Å². The van der Waals surface area contributed by atoms with Crippen LogP contribution in [0.5, 0.6) is 0 Å². The van der Waals surface area contributed by atoms with Crippen molar-refractivity contribution in [3.05, 3.63) is 35.0 Å². The second kappa shape index (κ2) is 7.78. The van der Waals surface area contributed by atoms with Gasteiger partial charge >= 0.3 is 0 Å². The van der Waals surface area contributed by atoms with E-state index in [0.717, 1.165) is 5.52 Å². The van der Waals surface area contributed by atoms with Gasteiger partial charge in [0.25, 0.3) is 5.91 Å². The summed E-state index contributed by atoms with van der Waals surface area (Å²) in [6, 6.07) is 5.48. The lowest BCUT2D eigenvalue weighted by molar-refractivity contribution is -0.0533. The largest absolute Gasteiger partial charge is 0.388 e. The first-order valence-corrected chi connectivity index (χ1v) is 9.58. The Morgan fingerprint density at radius 2 is 2.22 bits per heavy atom. The van der Waals surface area contributed by atoms with Gasteiger partial charge in [0, 0.05) is 38.2 Å². The summed E-state index contributed by atoms with van der Waals surface area (Å²) in [6.07, 6.45) is 3.28. The molecule has 1 saturated carbocycles. The Morgan fingerprint density at radius 1 is 1.44 bits per heavy atom. The molecule has 0 spiro atoms. The number of alkyl halides is 1. The van der Waals surface area contributed by atoms with E-state index >= 15 is 0 Å². The van der Waals surface area contributed by atoms with Gasteiger partial charge in [-0.3, -0.25) is 4.79 Å². The number of carbonyl (C=O) groups excluding carboxylic acids is 1. The van der Waals surface area contributed by atoms with Crippen LogP contribution >= 0.6 is 11.6 Å². The molecule has 27 heavy (non-hydrogen) atoms. The zero-order chi connectivity index (χ0) is 19.7. The Kier molecular flexibility index (Phi) is 5.79. The van der Waals surface area contributed by atoms with Crippen LogP contribution in [0.2, 0.25) is 5.02 Å². The number of nitrogens with zero attached hydrogens (tertiary/aromatic N) is 1. The van der Waals surface area contributed by atoms with E-state index < -0.39 is 11.3 Å². The number of methoxy groups -OCH3 is 1. The summed E-state index contributed by atoms with van der Waals surface area (Å²) in [5.41, 5.74) is -1.35. The van der Waals surface area contributed by atoms with E-state index in [1.54, 1.807) is 19.4 Å². The summed E-state index contributed by atoms with van der Waals surface area (Å²) >= 11 is 6.34. The molecule has 0 aliphatic heterocycles. The number of halogens is 2. The molecule has 0 radical (unpaired) electrons. The third-order valence-corrected chi connectivity index (χ3v) is 5.57. The molecule has 2 atom stereocenters. The van der Waals surface area contributed by atoms with Crippen molar-refractivity contribution < 1.29 is 19.0 Å². The molecule has 2 aromatic rings. The van der Waals surface area contributed by atoms with E-state index in [1.165, 1.54) is 6.92 Å². The number of nitrogens with one attached hydrogen (secondary N) is 1. The van der Waals surface area contributed by atoms with Gasteiger partial charge in [0.05, 0.1) is 28.3 Å². The molecular weight excluding hydrogens is 371 g/mol. The Hall–Kier alpha value is -1.63. The fourth-order valence-corrected chi connectivity index (χ4v) is 4.27. The molecule has 1 aliphatic carbocycles. The van der Waals surface area contributed by atoms with Gasteiger partial charge in [0.15, 0.2) is 0 Å². The highest BCUT2D eigenvalue weighted by atomic mass is 35.5. The monoisotopic (exact) mass is 396 g/mol. The lowest BCUT2D eigenvalue weighted by Crippen LogP contribution is -2.49. The molecule has 0 saturated heterocycles. The second-order valence-corrected chi connectivity index (χ2v) is 8.12. The minimum Gasteiger partial charge on any atom is -0.388 e. The van der Waals surface area contributed by atoms with Gasteiger partial charge in [0.1, 0.15) is 5.67 Å². The van der Waals surface area contributed by atoms with E-state index in [9.17, 15) is 14.3 Å². The summed E-state index contributed by atoms with van der Waals surface area (Å²) < 4.78 is 21.3. The molecule has 1 aromatic heterocycles. The molecule has 3 rings (SSSR count). The summed E-state index contributed by atoms with van der Waals surface area (Å²) in [7, 11) is 1.62. The van der Waals surface area contributed by atoms with Crippen molar-refractivity contribution in [1.82, 2.24) is 9.88 Å².